The summed E-state index contributed by atoms with van der Waals surface area (Å²) in [4.78, 5) is 0.385. The number of halogens is 1. The van der Waals surface area contributed by atoms with Crippen LogP contribution < -0.4 is 0 Å². The molecular formula is C8H9IO2S. The standard InChI is InChI=1S/C8H9IO2S/c1-12(10,11)8-4-2-7(6-9)3-5-8/h2-5H,6H2,1H3. The zero-order chi connectivity index (χ0) is 9.19. The number of rotatable bonds is 2. The Balaban J connectivity index is 3.09. The Morgan fingerprint density at radius 3 is 2.08 bits per heavy atom. The second kappa shape index (κ2) is 3.74. The van der Waals surface area contributed by atoms with Crippen LogP contribution >= 0.6 is 22.6 Å². The molecule has 0 spiro atoms. The summed E-state index contributed by atoms with van der Waals surface area (Å²) < 4.78 is 23.0. The minimum Gasteiger partial charge on any atom is -0.224 e. The SMILES string of the molecule is CS(=O)(=O)c1ccc(CI)cc1. The Hall–Kier alpha value is -0.100. The van der Waals surface area contributed by atoms with Crippen LogP contribution in [0, 0.1) is 0 Å². The van der Waals surface area contributed by atoms with Crippen LogP contribution in [-0.4, -0.2) is 14.7 Å². The number of hydrogen-bond acceptors (Lipinski definition) is 2. The molecule has 66 valence electrons. The van der Waals surface area contributed by atoms with Crippen LogP contribution in [0.3, 0.4) is 0 Å². The highest BCUT2D eigenvalue weighted by molar-refractivity contribution is 14.1. The van der Waals surface area contributed by atoms with Crippen LogP contribution in [0.5, 0.6) is 0 Å². The summed E-state index contributed by atoms with van der Waals surface area (Å²) in [5, 5.41) is 0. The van der Waals surface area contributed by atoms with E-state index in [1.165, 1.54) is 6.26 Å². The van der Waals surface area contributed by atoms with Crippen molar-refractivity contribution in [3.8, 4) is 0 Å². The molecule has 1 aromatic rings. The van der Waals surface area contributed by atoms with E-state index < -0.39 is 9.84 Å². The molecule has 12 heavy (non-hydrogen) atoms. The monoisotopic (exact) mass is 296 g/mol. The molecule has 0 amide bonds. The Bertz CT molecular complexity index is 353. The van der Waals surface area contributed by atoms with E-state index >= 15 is 0 Å². The molecule has 0 N–H and O–H groups in total. The Labute approximate surface area is 86.0 Å². The highest BCUT2D eigenvalue weighted by Crippen LogP contribution is 2.12. The average Bonchev–Trinajstić information content (AvgIpc) is 2.03. The van der Waals surface area contributed by atoms with E-state index in [4.69, 9.17) is 0 Å². The maximum absolute atomic E-state index is 11.0. The van der Waals surface area contributed by atoms with E-state index in [0.717, 1.165) is 9.99 Å². The van der Waals surface area contributed by atoms with Crippen LogP contribution in [0.15, 0.2) is 29.2 Å². The molecule has 0 heterocycles. The molecule has 0 bridgehead atoms. The van der Waals surface area contributed by atoms with Gasteiger partial charge >= 0.3 is 0 Å². The fourth-order valence-corrected chi connectivity index (χ4v) is 1.96. The molecule has 4 heteroatoms. The summed E-state index contributed by atoms with van der Waals surface area (Å²) in [7, 11) is -3.03. The van der Waals surface area contributed by atoms with Gasteiger partial charge in [-0.2, -0.15) is 0 Å². The first-order valence-electron chi connectivity index (χ1n) is 3.39. The summed E-state index contributed by atoms with van der Waals surface area (Å²) in [6, 6.07) is 6.96. The van der Waals surface area contributed by atoms with Gasteiger partial charge in [-0.15, -0.1) is 0 Å². The lowest BCUT2D eigenvalue weighted by atomic mass is 10.2. The summed E-state index contributed by atoms with van der Waals surface area (Å²) in [5.41, 5.74) is 1.14. The van der Waals surface area contributed by atoms with Gasteiger partial charge in [-0.1, -0.05) is 34.7 Å². The van der Waals surface area contributed by atoms with Crippen molar-refractivity contribution >= 4 is 32.4 Å². The maximum atomic E-state index is 11.0. The molecule has 0 aromatic heterocycles. The van der Waals surface area contributed by atoms with Gasteiger partial charge in [-0.3, -0.25) is 0 Å². The first-order valence-corrected chi connectivity index (χ1v) is 6.80. The van der Waals surface area contributed by atoms with Crippen LogP contribution in [-0.2, 0) is 14.3 Å². The molecule has 1 rings (SSSR count). The van der Waals surface area contributed by atoms with Crippen molar-refractivity contribution in [1.29, 1.82) is 0 Å². The minimum atomic E-state index is -3.03. The van der Waals surface area contributed by atoms with Crippen molar-refractivity contribution in [2.75, 3.05) is 6.26 Å². The van der Waals surface area contributed by atoms with Gasteiger partial charge < -0.3 is 0 Å². The van der Waals surface area contributed by atoms with Crippen LogP contribution in [0.25, 0.3) is 0 Å². The van der Waals surface area contributed by atoms with E-state index in [9.17, 15) is 8.42 Å². The number of alkyl halides is 1. The first kappa shape index (κ1) is 9.98. The van der Waals surface area contributed by atoms with E-state index in [-0.39, 0.29) is 0 Å². The van der Waals surface area contributed by atoms with Crippen molar-refractivity contribution < 1.29 is 8.42 Å². The van der Waals surface area contributed by atoms with Crippen molar-refractivity contribution in [1.82, 2.24) is 0 Å². The molecule has 0 radical (unpaired) electrons. The normalized spacial score (nSPS) is 11.5. The third-order valence-electron chi connectivity index (χ3n) is 1.51. The quantitative estimate of drug-likeness (QED) is 0.618. The number of benzene rings is 1. The molecule has 0 aliphatic heterocycles. The summed E-state index contributed by atoms with van der Waals surface area (Å²) in [6.45, 7) is 0. The Morgan fingerprint density at radius 1 is 1.25 bits per heavy atom. The molecule has 0 saturated heterocycles. The molecule has 1 aromatic carbocycles. The van der Waals surface area contributed by atoms with E-state index in [2.05, 4.69) is 22.6 Å². The lowest BCUT2D eigenvalue weighted by Crippen LogP contribution is -1.96. The van der Waals surface area contributed by atoms with Gasteiger partial charge in [0.15, 0.2) is 9.84 Å². The van der Waals surface area contributed by atoms with Gasteiger partial charge in [0.1, 0.15) is 0 Å². The fraction of sp³-hybridized carbons (Fsp3) is 0.250. The predicted octanol–water partition coefficient (Wildman–Crippen LogP) is 2.03. The summed E-state index contributed by atoms with van der Waals surface area (Å²) in [5.74, 6) is 0. The highest BCUT2D eigenvalue weighted by atomic mass is 127. The zero-order valence-electron chi connectivity index (χ0n) is 6.62. The van der Waals surface area contributed by atoms with Gasteiger partial charge in [0, 0.05) is 10.7 Å². The molecule has 0 unspecified atom stereocenters. The zero-order valence-corrected chi connectivity index (χ0v) is 9.59. The third-order valence-corrected chi connectivity index (χ3v) is 3.52. The molecular weight excluding hydrogens is 287 g/mol. The molecule has 0 saturated carbocycles. The second-order valence-corrected chi connectivity index (χ2v) is 5.33. The fourth-order valence-electron chi connectivity index (χ4n) is 0.826. The largest absolute Gasteiger partial charge is 0.224 e. The van der Waals surface area contributed by atoms with E-state index in [0.29, 0.717) is 4.90 Å². The highest BCUT2D eigenvalue weighted by Gasteiger charge is 2.04. The van der Waals surface area contributed by atoms with Crippen LogP contribution in [0.4, 0.5) is 0 Å². The number of sulfone groups is 1. The second-order valence-electron chi connectivity index (χ2n) is 2.55. The third kappa shape index (κ3) is 2.45. The van der Waals surface area contributed by atoms with E-state index in [1.54, 1.807) is 12.1 Å². The number of hydrogen-bond donors (Lipinski definition) is 0. The molecule has 0 aliphatic rings. The van der Waals surface area contributed by atoms with Gasteiger partial charge in [0.25, 0.3) is 0 Å². The molecule has 2 nitrogen and oxygen atoms in total. The maximum Gasteiger partial charge on any atom is 0.175 e. The summed E-state index contributed by atoms with van der Waals surface area (Å²) in [6.07, 6.45) is 1.21. The average molecular weight is 296 g/mol. The predicted molar refractivity (Wildman–Crippen MR) is 57.3 cm³/mol. The van der Waals surface area contributed by atoms with Gasteiger partial charge in [-0.25, -0.2) is 8.42 Å². The Morgan fingerprint density at radius 2 is 1.75 bits per heavy atom. The smallest absolute Gasteiger partial charge is 0.175 e. The minimum absolute atomic E-state index is 0.385. The molecule has 0 fully saturated rings. The van der Waals surface area contributed by atoms with Gasteiger partial charge in [-0.05, 0) is 17.7 Å². The van der Waals surface area contributed by atoms with Gasteiger partial charge in [0.05, 0.1) is 4.90 Å². The molecule has 0 atom stereocenters. The van der Waals surface area contributed by atoms with Crippen molar-refractivity contribution in [3.05, 3.63) is 29.8 Å². The lowest BCUT2D eigenvalue weighted by molar-refractivity contribution is 0.602. The summed E-state index contributed by atoms with van der Waals surface area (Å²) >= 11 is 2.24. The van der Waals surface area contributed by atoms with Crippen molar-refractivity contribution in [2.45, 2.75) is 9.32 Å². The van der Waals surface area contributed by atoms with Crippen LogP contribution in [0.1, 0.15) is 5.56 Å². The van der Waals surface area contributed by atoms with Gasteiger partial charge in [0.2, 0.25) is 0 Å². The topological polar surface area (TPSA) is 34.1 Å². The van der Waals surface area contributed by atoms with Crippen molar-refractivity contribution in [2.24, 2.45) is 0 Å². The van der Waals surface area contributed by atoms with Crippen molar-refractivity contribution in [3.63, 3.8) is 0 Å². The van der Waals surface area contributed by atoms with Crippen LogP contribution in [0.2, 0.25) is 0 Å². The molecule has 0 aliphatic carbocycles. The van der Waals surface area contributed by atoms with E-state index in [1.807, 2.05) is 12.1 Å². The lowest BCUT2D eigenvalue weighted by Gasteiger charge is -1.98. The Kier molecular flexibility index (Phi) is 3.11. The first-order chi connectivity index (χ1) is 5.54.